The van der Waals surface area contributed by atoms with Crippen molar-refractivity contribution in [3.63, 3.8) is 0 Å². The normalized spacial score (nSPS) is 43.4. The van der Waals surface area contributed by atoms with Gasteiger partial charge < -0.3 is 14.6 Å². The Morgan fingerprint density at radius 3 is 2.61 bits per heavy atom. The molecule has 3 aliphatic carbocycles. The Balaban J connectivity index is 2.00. The van der Waals surface area contributed by atoms with Crippen LogP contribution >= 0.6 is 0 Å². The number of carbonyl (C=O) groups is 2. The van der Waals surface area contributed by atoms with Crippen molar-refractivity contribution in [2.24, 2.45) is 28.6 Å². The minimum Gasteiger partial charge on any atom is -0.493 e. The smallest absolute Gasteiger partial charge is 0.342 e. The summed E-state index contributed by atoms with van der Waals surface area (Å²) in [6.45, 7) is 11.2. The summed E-state index contributed by atoms with van der Waals surface area (Å²) < 4.78 is 10.0. The number of esters is 1. The van der Waals surface area contributed by atoms with Crippen LogP contribution in [0.25, 0.3) is 0 Å². The molecule has 0 aromatic carbocycles. The molecule has 0 radical (unpaired) electrons. The van der Waals surface area contributed by atoms with Gasteiger partial charge in [0.05, 0.1) is 20.1 Å². The Morgan fingerprint density at radius 2 is 2.00 bits per heavy atom. The van der Waals surface area contributed by atoms with E-state index in [1.165, 1.54) is 25.9 Å². The molecule has 0 spiro atoms. The summed E-state index contributed by atoms with van der Waals surface area (Å²) in [6.07, 6.45) is 7.05. The quantitative estimate of drug-likeness (QED) is 0.584. The van der Waals surface area contributed by atoms with E-state index in [-0.39, 0.29) is 22.4 Å². The van der Waals surface area contributed by atoms with Crippen molar-refractivity contribution < 1.29 is 24.2 Å². The topological polar surface area (TPSA) is 72.8 Å². The highest BCUT2D eigenvalue weighted by molar-refractivity contribution is 6.05. The Labute approximate surface area is 168 Å². The van der Waals surface area contributed by atoms with E-state index in [0.29, 0.717) is 18.3 Å². The van der Waals surface area contributed by atoms with Crippen LogP contribution in [-0.2, 0) is 19.1 Å². The fourth-order valence-electron chi connectivity index (χ4n) is 6.27. The van der Waals surface area contributed by atoms with Gasteiger partial charge in [0.1, 0.15) is 0 Å². The number of methoxy groups -OCH3 is 2. The summed E-state index contributed by atoms with van der Waals surface area (Å²) in [4.78, 5) is 25.5. The number of Topliss-reactive ketones (excluding diaryl/α,β-unsaturated/α-hetero) is 1. The van der Waals surface area contributed by atoms with Gasteiger partial charge >= 0.3 is 5.97 Å². The van der Waals surface area contributed by atoms with Crippen molar-refractivity contribution >= 4 is 11.8 Å². The Kier molecular flexibility index (Phi) is 5.28. The van der Waals surface area contributed by atoms with E-state index < -0.39 is 17.5 Å². The third kappa shape index (κ3) is 2.85. The molecule has 0 amide bonds. The molecular formula is C23H34O5. The monoisotopic (exact) mass is 390 g/mol. The van der Waals surface area contributed by atoms with Crippen molar-refractivity contribution in [3.8, 4) is 0 Å². The lowest BCUT2D eigenvalue weighted by molar-refractivity contribution is -0.167. The van der Waals surface area contributed by atoms with Gasteiger partial charge in [-0.15, -0.1) is 0 Å². The second kappa shape index (κ2) is 7.01. The maximum Gasteiger partial charge on any atom is 0.342 e. The molecule has 2 saturated carbocycles. The first-order chi connectivity index (χ1) is 13.0. The molecule has 0 aromatic rings. The SMILES string of the molecule is C=C1CCCC2[C@@]1(C)CC[C@@H](C)[C@]2(C)CC1C(=O)C(OC)=C[C@]1(O)C(=O)OC. The zero-order valence-corrected chi connectivity index (χ0v) is 17.8. The number of rotatable bonds is 4. The first kappa shape index (κ1) is 21.1. The van der Waals surface area contributed by atoms with Crippen LogP contribution in [0, 0.1) is 28.6 Å². The first-order valence-corrected chi connectivity index (χ1v) is 10.3. The van der Waals surface area contributed by atoms with Gasteiger partial charge in [-0.05, 0) is 61.2 Å². The van der Waals surface area contributed by atoms with Crippen molar-refractivity contribution in [3.05, 3.63) is 24.0 Å². The van der Waals surface area contributed by atoms with Gasteiger partial charge in [-0.1, -0.05) is 32.9 Å². The second-order valence-electron chi connectivity index (χ2n) is 9.56. The van der Waals surface area contributed by atoms with Gasteiger partial charge in [-0.2, -0.15) is 0 Å². The van der Waals surface area contributed by atoms with Crippen LogP contribution in [0.5, 0.6) is 0 Å². The maximum atomic E-state index is 13.0. The Morgan fingerprint density at radius 1 is 1.32 bits per heavy atom. The number of ketones is 1. The minimum absolute atomic E-state index is 0.0424. The average molecular weight is 391 g/mol. The van der Waals surface area contributed by atoms with Gasteiger partial charge in [-0.3, -0.25) is 4.79 Å². The molecule has 6 atom stereocenters. The third-order valence-corrected chi connectivity index (χ3v) is 8.38. The minimum atomic E-state index is -1.97. The van der Waals surface area contributed by atoms with Gasteiger partial charge in [0, 0.05) is 6.08 Å². The van der Waals surface area contributed by atoms with Crippen molar-refractivity contribution in [1.82, 2.24) is 0 Å². The highest BCUT2D eigenvalue weighted by Crippen LogP contribution is 2.63. The lowest BCUT2D eigenvalue weighted by Crippen LogP contribution is -2.54. The molecule has 2 unspecified atom stereocenters. The molecule has 28 heavy (non-hydrogen) atoms. The molecule has 0 aromatic heterocycles. The van der Waals surface area contributed by atoms with E-state index in [2.05, 4.69) is 27.4 Å². The van der Waals surface area contributed by atoms with Crippen LogP contribution in [0.4, 0.5) is 0 Å². The zero-order valence-electron chi connectivity index (χ0n) is 17.8. The average Bonchev–Trinajstić information content (AvgIpc) is 2.91. The number of hydrogen-bond donors (Lipinski definition) is 1. The molecule has 1 N–H and O–H groups in total. The number of fused-ring (bicyclic) bond motifs is 1. The van der Waals surface area contributed by atoms with Crippen LogP contribution in [-0.4, -0.2) is 36.7 Å². The number of hydrogen-bond acceptors (Lipinski definition) is 5. The van der Waals surface area contributed by atoms with Crippen LogP contribution < -0.4 is 0 Å². The molecule has 0 heterocycles. The van der Waals surface area contributed by atoms with Crippen LogP contribution in [0.1, 0.15) is 59.3 Å². The van der Waals surface area contributed by atoms with Crippen LogP contribution in [0.2, 0.25) is 0 Å². The van der Waals surface area contributed by atoms with Gasteiger partial charge in [0.15, 0.2) is 11.4 Å². The second-order valence-corrected chi connectivity index (χ2v) is 9.56. The number of carbonyl (C=O) groups excluding carboxylic acids is 2. The largest absolute Gasteiger partial charge is 0.493 e. The van der Waals surface area contributed by atoms with Gasteiger partial charge in [0.25, 0.3) is 0 Å². The summed E-state index contributed by atoms with van der Waals surface area (Å²) in [6, 6.07) is 0. The predicted octanol–water partition coefficient (Wildman–Crippen LogP) is 3.81. The van der Waals surface area contributed by atoms with Crippen LogP contribution in [0.3, 0.4) is 0 Å². The molecule has 3 rings (SSSR count). The summed E-state index contributed by atoms with van der Waals surface area (Å²) in [7, 11) is 2.62. The standard InChI is InChI=1S/C23H34O5/c1-14-8-7-9-18-21(14,3)11-10-15(2)22(18,4)12-16-19(24)17(27-5)13-23(16,26)20(25)28-6/h13,15-16,18,26H,1,7-12H2,2-6H3/t15-,16?,18?,21+,22+,23-/m1/s1. The fourth-order valence-corrected chi connectivity index (χ4v) is 6.27. The van der Waals surface area contributed by atoms with Crippen molar-refractivity contribution in [2.75, 3.05) is 14.2 Å². The Bertz CT molecular complexity index is 725. The molecule has 3 aliphatic rings. The lowest BCUT2D eigenvalue weighted by Gasteiger charge is -2.59. The Hall–Kier alpha value is -1.62. The van der Waals surface area contributed by atoms with E-state index in [9.17, 15) is 14.7 Å². The molecule has 5 heteroatoms. The fraction of sp³-hybridized carbons (Fsp3) is 0.739. The zero-order chi connectivity index (χ0) is 20.9. The number of aliphatic hydroxyl groups is 1. The van der Waals surface area contributed by atoms with E-state index >= 15 is 0 Å². The molecule has 2 fully saturated rings. The molecule has 0 saturated heterocycles. The maximum absolute atomic E-state index is 13.0. The number of ether oxygens (including phenoxy) is 2. The van der Waals surface area contributed by atoms with Gasteiger partial charge in [0.2, 0.25) is 5.78 Å². The molecule has 0 aliphatic heterocycles. The highest BCUT2D eigenvalue weighted by atomic mass is 16.5. The summed E-state index contributed by atoms with van der Waals surface area (Å²) in [5.41, 5.74) is -0.824. The molecule has 0 bridgehead atoms. The highest BCUT2D eigenvalue weighted by Gasteiger charge is 2.60. The van der Waals surface area contributed by atoms with E-state index in [1.807, 2.05) is 0 Å². The van der Waals surface area contributed by atoms with E-state index in [4.69, 9.17) is 9.47 Å². The third-order valence-electron chi connectivity index (χ3n) is 8.38. The first-order valence-electron chi connectivity index (χ1n) is 10.3. The summed E-state index contributed by atoms with van der Waals surface area (Å²) in [5, 5.41) is 11.2. The lowest BCUT2D eigenvalue weighted by atomic mass is 9.45. The van der Waals surface area contributed by atoms with E-state index in [0.717, 1.165) is 32.1 Å². The van der Waals surface area contributed by atoms with E-state index in [1.54, 1.807) is 0 Å². The summed E-state index contributed by atoms with van der Waals surface area (Å²) >= 11 is 0. The van der Waals surface area contributed by atoms with Gasteiger partial charge in [-0.25, -0.2) is 4.79 Å². The van der Waals surface area contributed by atoms with Crippen LogP contribution in [0.15, 0.2) is 24.0 Å². The van der Waals surface area contributed by atoms with Crippen molar-refractivity contribution in [1.29, 1.82) is 0 Å². The predicted molar refractivity (Wildman–Crippen MR) is 106 cm³/mol. The molecule has 5 nitrogen and oxygen atoms in total. The molecular weight excluding hydrogens is 356 g/mol. The van der Waals surface area contributed by atoms with Crippen molar-refractivity contribution in [2.45, 2.75) is 64.9 Å². The number of allylic oxidation sites excluding steroid dienone is 2. The molecule has 156 valence electrons. The summed E-state index contributed by atoms with van der Waals surface area (Å²) in [5.74, 6) is -1.23.